The molecule has 0 unspecified atom stereocenters. The van der Waals surface area contributed by atoms with Gasteiger partial charge in [0.1, 0.15) is 0 Å². The number of amides is 1. The van der Waals surface area contributed by atoms with Crippen molar-refractivity contribution >= 4 is 44.8 Å². The van der Waals surface area contributed by atoms with Crippen LogP contribution in [0.25, 0.3) is 0 Å². The van der Waals surface area contributed by atoms with Crippen LogP contribution in [0.5, 0.6) is 0 Å². The van der Waals surface area contributed by atoms with Gasteiger partial charge in [-0.1, -0.05) is 41.4 Å². The number of sulfonamides is 1. The fraction of sp³-hybridized carbons (Fsp3) is 0.100. The lowest BCUT2D eigenvalue weighted by Gasteiger charge is -2.10. The van der Waals surface area contributed by atoms with Crippen LogP contribution in [0.15, 0.2) is 71.8 Å². The van der Waals surface area contributed by atoms with E-state index in [0.29, 0.717) is 12.2 Å². The van der Waals surface area contributed by atoms with Crippen molar-refractivity contribution in [3.05, 3.63) is 88.2 Å². The molecule has 0 fully saturated rings. The van der Waals surface area contributed by atoms with Gasteiger partial charge in [0.2, 0.25) is 5.91 Å². The van der Waals surface area contributed by atoms with Gasteiger partial charge >= 0.3 is 0 Å². The molecule has 1 aromatic heterocycles. The largest absolute Gasteiger partial charge is 0.350 e. The SMILES string of the molecule is O=C(Cc1ccc(NS(=O)(=O)c2ccc(Cl)c(Cl)c2)cc1)NCc1ccccn1. The Balaban J connectivity index is 1.59. The number of carbonyl (C=O) groups excluding carboxylic acids is 1. The third-order valence-electron chi connectivity index (χ3n) is 3.97. The van der Waals surface area contributed by atoms with E-state index in [1.807, 2.05) is 18.2 Å². The third-order valence-corrected chi connectivity index (χ3v) is 6.08. The molecule has 0 bridgehead atoms. The molecule has 150 valence electrons. The number of nitrogens with one attached hydrogen (secondary N) is 2. The summed E-state index contributed by atoms with van der Waals surface area (Å²) in [5.41, 5.74) is 1.89. The van der Waals surface area contributed by atoms with E-state index in [4.69, 9.17) is 23.2 Å². The average Bonchev–Trinajstić information content (AvgIpc) is 2.70. The van der Waals surface area contributed by atoms with Crippen LogP contribution < -0.4 is 10.0 Å². The van der Waals surface area contributed by atoms with Crippen molar-refractivity contribution in [3.8, 4) is 0 Å². The van der Waals surface area contributed by atoms with Crippen LogP contribution in [0.1, 0.15) is 11.3 Å². The van der Waals surface area contributed by atoms with E-state index < -0.39 is 10.0 Å². The Morgan fingerprint density at radius 3 is 2.38 bits per heavy atom. The normalized spacial score (nSPS) is 11.1. The highest BCUT2D eigenvalue weighted by Crippen LogP contribution is 2.26. The molecule has 2 aromatic carbocycles. The number of aromatic nitrogens is 1. The molecular formula is C20H17Cl2N3O3S. The zero-order valence-corrected chi connectivity index (χ0v) is 17.4. The predicted octanol–water partition coefficient (Wildman–Crippen LogP) is 4.05. The zero-order valence-electron chi connectivity index (χ0n) is 15.1. The highest BCUT2D eigenvalue weighted by molar-refractivity contribution is 7.92. The van der Waals surface area contributed by atoms with Gasteiger partial charge < -0.3 is 5.32 Å². The quantitative estimate of drug-likeness (QED) is 0.569. The third kappa shape index (κ3) is 5.93. The molecule has 9 heteroatoms. The van der Waals surface area contributed by atoms with Gasteiger partial charge in [-0.05, 0) is 48.0 Å². The second-order valence-corrected chi connectivity index (χ2v) is 8.65. The molecular weight excluding hydrogens is 433 g/mol. The number of hydrogen-bond acceptors (Lipinski definition) is 4. The maximum Gasteiger partial charge on any atom is 0.261 e. The lowest BCUT2D eigenvalue weighted by atomic mass is 10.1. The van der Waals surface area contributed by atoms with Gasteiger partial charge in [-0.15, -0.1) is 0 Å². The molecule has 0 aliphatic heterocycles. The molecule has 0 saturated heterocycles. The molecule has 29 heavy (non-hydrogen) atoms. The van der Waals surface area contributed by atoms with E-state index in [2.05, 4.69) is 15.0 Å². The summed E-state index contributed by atoms with van der Waals surface area (Å²) in [5.74, 6) is -0.153. The number of halogens is 2. The van der Waals surface area contributed by atoms with Crippen molar-refractivity contribution < 1.29 is 13.2 Å². The molecule has 6 nitrogen and oxygen atoms in total. The maximum atomic E-state index is 12.5. The van der Waals surface area contributed by atoms with Crippen molar-refractivity contribution in [2.45, 2.75) is 17.9 Å². The second-order valence-electron chi connectivity index (χ2n) is 6.15. The molecule has 1 heterocycles. The van der Waals surface area contributed by atoms with Gasteiger partial charge in [-0.2, -0.15) is 0 Å². The smallest absolute Gasteiger partial charge is 0.261 e. The summed E-state index contributed by atoms with van der Waals surface area (Å²) >= 11 is 11.7. The molecule has 0 radical (unpaired) electrons. The highest BCUT2D eigenvalue weighted by atomic mass is 35.5. The van der Waals surface area contributed by atoms with Gasteiger partial charge in [0.05, 0.1) is 33.6 Å². The average molecular weight is 450 g/mol. The maximum absolute atomic E-state index is 12.5. The number of pyridine rings is 1. The topological polar surface area (TPSA) is 88.2 Å². The minimum Gasteiger partial charge on any atom is -0.350 e. The summed E-state index contributed by atoms with van der Waals surface area (Å²) in [6.45, 7) is 0.348. The highest BCUT2D eigenvalue weighted by Gasteiger charge is 2.16. The Hall–Kier alpha value is -2.61. The summed E-state index contributed by atoms with van der Waals surface area (Å²) in [5, 5.41) is 3.22. The summed E-state index contributed by atoms with van der Waals surface area (Å²) in [6, 6.07) is 16.1. The summed E-state index contributed by atoms with van der Waals surface area (Å²) in [6.07, 6.45) is 1.84. The Bertz CT molecular complexity index is 1110. The molecule has 0 aliphatic rings. The molecule has 0 aliphatic carbocycles. The summed E-state index contributed by atoms with van der Waals surface area (Å²) in [7, 11) is -3.81. The summed E-state index contributed by atoms with van der Waals surface area (Å²) in [4.78, 5) is 16.2. The first-order chi connectivity index (χ1) is 13.8. The van der Waals surface area contributed by atoms with Gasteiger partial charge in [0.25, 0.3) is 10.0 Å². The molecule has 2 N–H and O–H groups in total. The van der Waals surface area contributed by atoms with Crippen LogP contribution in [0, 0.1) is 0 Å². The first kappa shape index (κ1) is 21.1. The van der Waals surface area contributed by atoms with Crippen molar-refractivity contribution in [2.75, 3.05) is 4.72 Å². The summed E-state index contributed by atoms with van der Waals surface area (Å²) < 4.78 is 27.4. The number of hydrogen-bond donors (Lipinski definition) is 2. The van der Waals surface area contributed by atoms with E-state index in [1.165, 1.54) is 18.2 Å². The Morgan fingerprint density at radius 2 is 1.72 bits per heavy atom. The van der Waals surface area contributed by atoms with Gasteiger partial charge in [-0.25, -0.2) is 8.42 Å². The van der Waals surface area contributed by atoms with Crippen molar-refractivity contribution in [2.24, 2.45) is 0 Å². The van der Waals surface area contributed by atoms with Gasteiger partial charge in [-0.3, -0.25) is 14.5 Å². The lowest BCUT2D eigenvalue weighted by molar-refractivity contribution is -0.120. The van der Waals surface area contributed by atoms with Crippen molar-refractivity contribution in [1.29, 1.82) is 0 Å². The molecule has 3 rings (SSSR count). The Kier molecular flexibility index (Phi) is 6.74. The minimum atomic E-state index is -3.81. The van der Waals surface area contributed by atoms with Crippen LogP contribution in [-0.2, 0) is 27.8 Å². The van der Waals surface area contributed by atoms with E-state index in [9.17, 15) is 13.2 Å². The lowest BCUT2D eigenvalue weighted by Crippen LogP contribution is -2.24. The van der Waals surface area contributed by atoms with Crippen LogP contribution in [-0.4, -0.2) is 19.3 Å². The number of benzene rings is 2. The number of carbonyl (C=O) groups is 1. The fourth-order valence-electron chi connectivity index (χ4n) is 2.49. The van der Waals surface area contributed by atoms with Crippen molar-refractivity contribution in [1.82, 2.24) is 10.3 Å². The first-order valence-corrected chi connectivity index (χ1v) is 10.8. The predicted molar refractivity (Wildman–Crippen MR) is 114 cm³/mol. The van der Waals surface area contributed by atoms with Crippen LogP contribution in [0.4, 0.5) is 5.69 Å². The number of nitrogens with zero attached hydrogens (tertiary/aromatic N) is 1. The molecule has 3 aromatic rings. The minimum absolute atomic E-state index is 0.00451. The van der Waals surface area contributed by atoms with E-state index in [0.717, 1.165) is 11.3 Å². The Morgan fingerprint density at radius 1 is 0.966 bits per heavy atom. The van der Waals surface area contributed by atoms with E-state index >= 15 is 0 Å². The first-order valence-electron chi connectivity index (χ1n) is 8.57. The number of rotatable bonds is 7. The van der Waals surface area contributed by atoms with Crippen LogP contribution in [0.2, 0.25) is 10.0 Å². The van der Waals surface area contributed by atoms with Crippen LogP contribution >= 0.6 is 23.2 Å². The Labute approximate surface area is 178 Å². The van der Waals surface area contributed by atoms with Crippen molar-refractivity contribution in [3.63, 3.8) is 0 Å². The fourth-order valence-corrected chi connectivity index (χ4v) is 3.94. The number of anilines is 1. The molecule has 0 atom stereocenters. The molecule has 0 spiro atoms. The van der Waals surface area contributed by atoms with E-state index in [1.54, 1.807) is 30.5 Å². The zero-order chi connectivity index (χ0) is 20.9. The second kappa shape index (κ2) is 9.26. The van der Waals surface area contributed by atoms with E-state index in [-0.39, 0.29) is 27.3 Å². The molecule has 0 saturated carbocycles. The van der Waals surface area contributed by atoms with Gasteiger partial charge in [0, 0.05) is 11.9 Å². The standard InChI is InChI=1S/C20H17Cl2N3O3S/c21-18-9-8-17(12-19(18)22)29(27,28)25-15-6-4-14(5-7-15)11-20(26)24-13-16-3-1-2-10-23-16/h1-10,12,25H,11,13H2,(H,24,26). The van der Waals surface area contributed by atoms with Crippen LogP contribution in [0.3, 0.4) is 0 Å². The molecule has 1 amide bonds. The van der Waals surface area contributed by atoms with Gasteiger partial charge in [0.15, 0.2) is 0 Å². The monoisotopic (exact) mass is 449 g/mol.